The second-order valence-electron chi connectivity index (χ2n) is 8.39. The lowest BCUT2D eigenvalue weighted by Crippen LogP contribution is -2.40. The van der Waals surface area contributed by atoms with Gasteiger partial charge in [0, 0.05) is 26.1 Å². The highest BCUT2D eigenvalue weighted by molar-refractivity contribution is 7.92. The standard InChI is InChI=1S/C26H25ClFN3O4S/c27-23-15-21(12-13-24(23)28)31(36(34,35)22-9-2-1-3-10-22)18-25(32)29-16-19-7-4-5-8-20(19)17-30-14-6-11-26(30)33/h1-5,7-10,12-13,15H,6,11,14,16-18H2,(H,29,32). The zero-order valence-electron chi connectivity index (χ0n) is 19.4. The number of nitrogens with one attached hydrogen (secondary N) is 1. The van der Waals surface area contributed by atoms with Crippen LogP contribution in [0, 0.1) is 5.82 Å². The molecule has 3 aromatic carbocycles. The van der Waals surface area contributed by atoms with E-state index in [2.05, 4.69) is 5.32 Å². The topological polar surface area (TPSA) is 86.8 Å². The summed E-state index contributed by atoms with van der Waals surface area (Å²) in [6.45, 7) is 0.770. The maximum atomic E-state index is 13.8. The lowest BCUT2D eigenvalue weighted by Gasteiger charge is -2.24. The number of hydrogen-bond donors (Lipinski definition) is 1. The van der Waals surface area contributed by atoms with Crippen LogP contribution in [0.25, 0.3) is 0 Å². The van der Waals surface area contributed by atoms with Gasteiger partial charge in [0.1, 0.15) is 12.4 Å². The predicted octanol–water partition coefficient (Wildman–Crippen LogP) is 4.11. The van der Waals surface area contributed by atoms with Crippen molar-refractivity contribution < 1.29 is 22.4 Å². The normalized spacial score (nSPS) is 13.6. The molecular weight excluding hydrogens is 505 g/mol. The summed E-state index contributed by atoms with van der Waals surface area (Å²) < 4.78 is 41.4. The first-order valence-corrected chi connectivity index (χ1v) is 13.2. The summed E-state index contributed by atoms with van der Waals surface area (Å²) in [5, 5.41) is 2.51. The molecule has 1 fully saturated rings. The van der Waals surface area contributed by atoms with E-state index >= 15 is 0 Å². The van der Waals surface area contributed by atoms with Crippen molar-refractivity contribution in [2.75, 3.05) is 17.4 Å². The van der Waals surface area contributed by atoms with E-state index in [1.54, 1.807) is 23.1 Å². The van der Waals surface area contributed by atoms with Gasteiger partial charge >= 0.3 is 0 Å². The number of hydrogen-bond acceptors (Lipinski definition) is 4. The summed E-state index contributed by atoms with van der Waals surface area (Å²) in [6, 6.07) is 18.6. The van der Waals surface area contributed by atoms with Crippen molar-refractivity contribution in [3.05, 3.63) is 94.8 Å². The van der Waals surface area contributed by atoms with E-state index in [1.165, 1.54) is 24.3 Å². The lowest BCUT2D eigenvalue weighted by molar-refractivity contribution is -0.128. The molecule has 0 radical (unpaired) electrons. The van der Waals surface area contributed by atoms with Crippen molar-refractivity contribution in [2.24, 2.45) is 0 Å². The highest BCUT2D eigenvalue weighted by Gasteiger charge is 2.28. The van der Waals surface area contributed by atoms with Gasteiger partial charge in [-0.25, -0.2) is 12.8 Å². The van der Waals surface area contributed by atoms with Crippen LogP contribution in [0.1, 0.15) is 24.0 Å². The van der Waals surface area contributed by atoms with E-state index in [4.69, 9.17) is 11.6 Å². The smallest absolute Gasteiger partial charge is 0.264 e. The molecule has 1 N–H and O–H groups in total. The Morgan fingerprint density at radius 1 is 1.03 bits per heavy atom. The van der Waals surface area contributed by atoms with Crippen LogP contribution in [0.4, 0.5) is 10.1 Å². The molecule has 0 aromatic heterocycles. The van der Waals surface area contributed by atoms with E-state index in [-0.39, 0.29) is 28.1 Å². The lowest BCUT2D eigenvalue weighted by atomic mass is 10.1. The number of likely N-dealkylation sites (tertiary alicyclic amines) is 1. The summed E-state index contributed by atoms with van der Waals surface area (Å²) in [7, 11) is -4.14. The molecule has 1 saturated heterocycles. The molecule has 0 spiro atoms. The van der Waals surface area contributed by atoms with Crippen LogP contribution in [0.2, 0.25) is 5.02 Å². The molecule has 36 heavy (non-hydrogen) atoms. The summed E-state index contributed by atoms with van der Waals surface area (Å²) in [5.74, 6) is -1.15. The van der Waals surface area contributed by atoms with Gasteiger partial charge in [-0.2, -0.15) is 0 Å². The molecule has 0 unspecified atom stereocenters. The Balaban J connectivity index is 1.53. The first kappa shape index (κ1) is 25.7. The quantitative estimate of drug-likeness (QED) is 0.452. The molecule has 4 rings (SSSR count). The summed E-state index contributed by atoms with van der Waals surface area (Å²) in [4.78, 5) is 26.7. The number of carbonyl (C=O) groups is 2. The van der Waals surface area contributed by atoms with Gasteiger partial charge in [-0.15, -0.1) is 0 Å². The molecule has 188 valence electrons. The first-order chi connectivity index (χ1) is 17.3. The van der Waals surface area contributed by atoms with Crippen molar-refractivity contribution in [3.8, 4) is 0 Å². The first-order valence-electron chi connectivity index (χ1n) is 11.4. The zero-order chi connectivity index (χ0) is 25.7. The van der Waals surface area contributed by atoms with Crippen molar-refractivity contribution in [3.63, 3.8) is 0 Å². The van der Waals surface area contributed by atoms with E-state index in [0.717, 1.165) is 27.9 Å². The van der Waals surface area contributed by atoms with Gasteiger partial charge < -0.3 is 10.2 Å². The maximum Gasteiger partial charge on any atom is 0.264 e. The van der Waals surface area contributed by atoms with Gasteiger partial charge in [0.25, 0.3) is 10.0 Å². The second-order valence-corrected chi connectivity index (χ2v) is 10.7. The van der Waals surface area contributed by atoms with Gasteiger partial charge in [0.15, 0.2) is 0 Å². The molecule has 0 bridgehead atoms. The van der Waals surface area contributed by atoms with E-state index in [0.29, 0.717) is 19.5 Å². The molecule has 1 heterocycles. The Bertz CT molecular complexity index is 1370. The molecule has 1 aliphatic heterocycles. The minimum atomic E-state index is -4.14. The Morgan fingerprint density at radius 3 is 2.39 bits per heavy atom. The molecule has 2 amide bonds. The third-order valence-corrected chi connectivity index (χ3v) is 8.01. The summed E-state index contributed by atoms with van der Waals surface area (Å²) in [5.41, 5.74) is 1.80. The van der Waals surface area contributed by atoms with E-state index < -0.39 is 28.3 Å². The van der Waals surface area contributed by atoms with Gasteiger partial charge in [-0.3, -0.25) is 13.9 Å². The maximum absolute atomic E-state index is 13.8. The molecule has 10 heteroatoms. The highest BCUT2D eigenvalue weighted by Crippen LogP contribution is 2.27. The highest BCUT2D eigenvalue weighted by atomic mass is 35.5. The molecule has 0 atom stereocenters. The van der Waals surface area contributed by atoms with Crippen molar-refractivity contribution in [1.29, 1.82) is 0 Å². The Morgan fingerprint density at radius 2 is 1.72 bits per heavy atom. The molecule has 7 nitrogen and oxygen atoms in total. The van der Waals surface area contributed by atoms with Crippen LogP contribution in [-0.2, 0) is 32.7 Å². The van der Waals surface area contributed by atoms with Crippen LogP contribution in [-0.4, -0.2) is 38.2 Å². The second kappa shape index (κ2) is 11.1. The average molecular weight is 530 g/mol. The Hall–Kier alpha value is -3.43. The monoisotopic (exact) mass is 529 g/mol. The van der Waals surface area contributed by atoms with Gasteiger partial charge in [-0.1, -0.05) is 54.1 Å². The van der Waals surface area contributed by atoms with Gasteiger partial charge in [0.2, 0.25) is 11.8 Å². The molecule has 0 saturated carbocycles. The number of anilines is 1. The number of benzene rings is 3. The fraction of sp³-hybridized carbons (Fsp3) is 0.231. The number of rotatable bonds is 9. The summed E-state index contributed by atoms with van der Waals surface area (Å²) >= 11 is 5.90. The zero-order valence-corrected chi connectivity index (χ0v) is 20.9. The van der Waals surface area contributed by atoms with Gasteiger partial charge in [0.05, 0.1) is 15.6 Å². The van der Waals surface area contributed by atoms with Crippen molar-refractivity contribution >= 4 is 39.1 Å². The van der Waals surface area contributed by atoms with Crippen LogP contribution in [0.3, 0.4) is 0 Å². The van der Waals surface area contributed by atoms with Gasteiger partial charge in [-0.05, 0) is 47.9 Å². The fourth-order valence-corrected chi connectivity index (χ4v) is 5.62. The molecular formula is C26H25ClFN3O4S. The number of carbonyl (C=O) groups excluding carboxylic acids is 2. The SMILES string of the molecule is O=C(CN(c1ccc(F)c(Cl)c1)S(=O)(=O)c1ccccc1)NCc1ccccc1CN1CCCC1=O. The molecule has 3 aromatic rings. The Labute approximate surface area is 214 Å². The third-order valence-electron chi connectivity index (χ3n) is 5.94. The van der Waals surface area contributed by atoms with E-state index in [9.17, 15) is 22.4 Å². The fourth-order valence-electron chi connectivity index (χ4n) is 4.02. The van der Waals surface area contributed by atoms with Crippen LogP contribution >= 0.6 is 11.6 Å². The third kappa shape index (κ3) is 5.85. The minimum absolute atomic E-state index is 0.0149. The number of halogens is 2. The molecule has 1 aliphatic rings. The number of sulfonamides is 1. The van der Waals surface area contributed by atoms with Crippen molar-refractivity contribution in [2.45, 2.75) is 30.8 Å². The summed E-state index contributed by atoms with van der Waals surface area (Å²) in [6.07, 6.45) is 1.37. The largest absolute Gasteiger partial charge is 0.350 e. The predicted molar refractivity (Wildman–Crippen MR) is 135 cm³/mol. The molecule has 0 aliphatic carbocycles. The number of amides is 2. The van der Waals surface area contributed by atoms with Crippen LogP contribution in [0.5, 0.6) is 0 Å². The van der Waals surface area contributed by atoms with Crippen LogP contribution < -0.4 is 9.62 Å². The minimum Gasteiger partial charge on any atom is -0.350 e. The average Bonchev–Trinajstić information content (AvgIpc) is 3.28. The Kier molecular flexibility index (Phi) is 7.91. The van der Waals surface area contributed by atoms with Crippen LogP contribution in [0.15, 0.2) is 77.7 Å². The van der Waals surface area contributed by atoms with Crippen molar-refractivity contribution in [1.82, 2.24) is 10.2 Å². The van der Waals surface area contributed by atoms with E-state index in [1.807, 2.05) is 24.3 Å². The number of nitrogens with zero attached hydrogens (tertiary/aromatic N) is 2.